The van der Waals surface area contributed by atoms with E-state index < -0.39 is 0 Å². The summed E-state index contributed by atoms with van der Waals surface area (Å²) in [6, 6.07) is 8.01. The van der Waals surface area contributed by atoms with Crippen molar-refractivity contribution in [3.05, 3.63) is 29.8 Å². The third-order valence-corrected chi connectivity index (χ3v) is 3.37. The number of methoxy groups -OCH3 is 1. The molecule has 0 fully saturated rings. The van der Waals surface area contributed by atoms with Gasteiger partial charge in [0.25, 0.3) is 5.91 Å². The molecule has 5 nitrogen and oxygen atoms in total. The van der Waals surface area contributed by atoms with Crippen molar-refractivity contribution in [1.82, 2.24) is 10.6 Å². The lowest BCUT2D eigenvalue weighted by Crippen LogP contribution is -2.36. The molecule has 21 heavy (non-hydrogen) atoms. The van der Waals surface area contributed by atoms with Gasteiger partial charge >= 0.3 is 0 Å². The maximum Gasteiger partial charge on any atom is 0.257 e. The van der Waals surface area contributed by atoms with Crippen molar-refractivity contribution >= 4 is 5.91 Å². The van der Waals surface area contributed by atoms with Gasteiger partial charge in [-0.3, -0.25) is 4.79 Å². The molecular formula is C16H26N2O3. The number of amides is 1. The standard InChI is InChI=1S/C16H26N2O3/c1-5-17-16(19)11-21-15-8-6-14(7-9-15)10-18-12(2)13(3)20-4/h6-9,12-13,18H,5,10-11H2,1-4H3,(H,17,19)/t12-,13-/m0/s1. The Morgan fingerprint density at radius 2 is 1.90 bits per heavy atom. The molecule has 0 radical (unpaired) electrons. The Kier molecular flexibility index (Phi) is 7.79. The molecule has 0 aliphatic rings. The number of ether oxygens (including phenoxy) is 2. The highest BCUT2D eigenvalue weighted by molar-refractivity contribution is 5.77. The predicted molar refractivity (Wildman–Crippen MR) is 83.4 cm³/mol. The van der Waals surface area contributed by atoms with E-state index in [9.17, 15) is 4.79 Å². The van der Waals surface area contributed by atoms with Crippen LogP contribution >= 0.6 is 0 Å². The molecule has 1 amide bonds. The number of benzene rings is 1. The van der Waals surface area contributed by atoms with Crippen molar-refractivity contribution in [2.24, 2.45) is 0 Å². The lowest BCUT2D eigenvalue weighted by Gasteiger charge is -2.20. The van der Waals surface area contributed by atoms with Crippen LogP contribution in [0.15, 0.2) is 24.3 Å². The average Bonchev–Trinajstić information content (AvgIpc) is 2.51. The zero-order chi connectivity index (χ0) is 15.7. The first-order valence-electron chi connectivity index (χ1n) is 7.31. The minimum atomic E-state index is -0.106. The Labute approximate surface area is 127 Å². The SMILES string of the molecule is CCNC(=O)COc1ccc(CN[C@@H](C)[C@H](C)OC)cc1. The van der Waals surface area contributed by atoms with Crippen LogP contribution in [0.4, 0.5) is 0 Å². The van der Waals surface area contributed by atoms with Crippen LogP contribution in [0.25, 0.3) is 0 Å². The molecule has 0 heterocycles. The van der Waals surface area contributed by atoms with Crippen molar-refractivity contribution in [3.63, 3.8) is 0 Å². The lowest BCUT2D eigenvalue weighted by atomic mass is 10.1. The molecule has 1 rings (SSSR count). The maximum atomic E-state index is 11.3. The molecule has 0 saturated carbocycles. The summed E-state index contributed by atoms with van der Waals surface area (Å²) in [4.78, 5) is 11.3. The molecule has 0 unspecified atom stereocenters. The minimum Gasteiger partial charge on any atom is -0.484 e. The van der Waals surface area contributed by atoms with E-state index in [4.69, 9.17) is 9.47 Å². The van der Waals surface area contributed by atoms with Crippen LogP contribution in [-0.4, -0.2) is 38.3 Å². The number of carbonyl (C=O) groups is 1. The number of hydrogen-bond acceptors (Lipinski definition) is 4. The quantitative estimate of drug-likeness (QED) is 0.728. The Morgan fingerprint density at radius 3 is 2.48 bits per heavy atom. The van der Waals surface area contributed by atoms with Crippen molar-refractivity contribution in [1.29, 1.82) is 0 Å². The number of rotatable bonds is 9. The van der Waals surface area contributed by atoms with Crippen molar-refractivity contribution in [2.45, 2.75) is 39.5 Å². The second-order valence-electron chi connectivity index (χ2n) is 5.00. The normalized spacial score (nSPS) is 13.5. The summed E-state index contributed by atoms with van der Waals surface area (Å²) in [7, 11) is 1.71. The van der Waals surface area contributed by atoms with Crippen LogP contribution in [0.3, 0.4) is 0 Å². The lowest BCUT2D eigenvalue weighted by molar-refractivity contribution is -0.122. The van der Waals surface area contributed by atoms with Gasteiger partial charge in [0.2, 0.25) is 0 Å². The molecule has 118 valence electrons. The number of nitrogens with one attached hydrogen (secondary N) is 2. The summed E-state index contributed by atoms with van der Waals surface area (Å²) in [6.07, 6.45) is 0.171. The molecule has 0 spiro atoms. The first-order chi connectivity index (χ1) is 10.1. The molecule has 1 aromatic carbocycles. The topological polar surface area (TPSA) is 59.6 Å². The highest BCUT2D eigenvalue weighted by atomic mass is 16.5. The highest BCUT2D eigenvalue weighted by Gasteiger charge is 2.09. The molecule has 0 aliphatic heterocycles. The van der Waals surface area contributed by atoms with E-state index >= 15 is 0 Å². The van der Waals surface area contributed by atoms with E-state index in [1.54, 1.807) is 7.11 Å². The molecule has 0 aliphatic carbocycles. The van der Waals surface area contributed by atoms with Crippen LogP contribution in [0.2, 0.25) is 0 Å². The Balaban J connectivity index is 2.38. The monoisotopic (exact) mass is 294 g/mol. The van der Waals surface area contributed by atoms with Crippen LogP contribution in [0, 0.1) is 0 Å². The third-order valence-electron chi connectivity index (χ3n) is 3.37. The van der Waals surface area contributed by atoms with Crippen molar-refractivity contribution in [3.8, 4) is 5.75 Å². The van der Waals surface area contributed by atoms with Gasteiger partial charge in [-0.2, -0.15) is 0 Å². The molecule has 1 aromatic rings. The highest BCUT2D eigenvalue weighted by Crippen LogP contribution is 2.12. The van der Waals surface area contributed by atoms with E-state index in [-0.39, 0.29) is 24.7 Å². The predicted octanol–water partition coefficient (Wildman–Crippen LogP) is 1.71. The first kappa shape index (κ1) is 17.5. The molecule has 0 bridgehead atoms. The van der Waals surface area contributed by atoms with E-state index in [2.05, 4.69) is 17.6 Å². The summed E-state index contributed by atoms with van der Waals surface area (Å²) >= 11 is 0. The molecule has 5 heteroatoms. The Bertz CT molecular complexity index is 420. The fourth-order valence-corrected chi connectivity index (χ4v) is 1.75. The number of hydrogen-bond donors (Lipinski definition) is 2. The van der Waals surface area contributed by atoms with Crippen LogP contribution in [0.1, 0.15) is 26.3 Å². The molecule has 2 atom stereocenters. The fourth-order valence-electron chi connectivity index (χ4n) is 1.75. The second-order valence-corrected chi connectivity index (χ2v) is 5.00. The van der Waals surface area contributed by atoms with E-state index in [1.165, 1.54) is 0 Å². The van der Waals surface area contributed by atoms with Gasteiger partial charge in [0.1, 0.15) is 5.75 Å². The minimum absolute atomic E-state index is 0.0494. The summed E-state index contributed by atoms with van der Waals surface area (Å²) < 4.78 is 10.7. The second kappa shape index (κ2) is 9.37. The van der Waals surface area contributed by atoms with Crippen molar-refractivity contribution < 1.29 is 14.3 Å². The number of likely N-dealkylation sites (N-methyl/N-ethyl adjacent to an activating group) is 1. The molecular weight excluding hydrogens is 268 g/mol. The van der Waals surface area contributed by atoms with Gasteiger partial charge in [-0.05, 0) is 38.5 Å². The first-order valence-corrected chi connectivity index (χ1v) is 7.31. The van der Waals surface area contributed by atoms with Crippen molar-refractivity contribution in [2.75, 3.05) is 20.3 Å². The van der Waals surface area contributed by atoms with E-state index in [0.29, 0.717) is 12.3 Å². The van der Waals surface area contributed by atoms with E-state index in [0.717, 1.165) is 12.1 Å². The fraction of sp³-hybridized carbons (Fsp3) is 0.562. The van der Waals surface area contributed by atoms with Crippen LogP contribution in [0.5, 0.6) is 5.75 Å². The largest absolute Gasteiger partial charge is 0.484 e. The maximum absolute atomic E-state index is 11.3. The molecule has 2 N–H and O–H groups in total. The summed E-state index contributed by atoms with van der Waals surface area (Å²) in [5.74, 6) is 0.592. The van der Waals surface area contributed by atoms with E-state index in [1.807, 2.05) is 38.1 Å². The summed E-state index contributed by atoms with van der Waals surface area (Å²) in [6.45, 7) is 7.45. The smallest absolute Gasteiger partial charge is 0.257 e. The average molecular weight is 294 g/mol. The van der Waals surface area contributed by atoms with Gasteiger partial charge in [-0.15, -0.1) is 0 Å². The van der Waals surface area contributed by atoms with Gasteiger partial charge in [-0.25, -0.2) is 0 Å². The van der Waals surface area contributed by atoms with Gasteiger partial charge < -0.3 is 20.1 Å². The van der Waals surface area contributed by atoms with Gasteiger partial charge in [0, 0.05) is 26.2 Å². The zero-order valence-corrected chi connectivity index (χ0v) is 13.3. The third kappa shape index (κ3) is 6.60. The molecule has 0 saturated heterocycles. The molecule has 0 aromatic heterocycles. The van der Waals surface area contributed by atoms with Gasteiger partial charge in [0.05, 0.1) is 6.10 Å². The number of carbonyl (C=O) groups excluding carboxylic acids is 1. The van der Waals surface area contributed by atoms with Gasteiger partial charge in [-0.1, -0.05) is 12.1 Å². The Hall–Kier alpha value is -1.59. The van der Waals surface area contributed by atoms with Gasteiger partial charge in [0.15, 0.2) is 6.61 Å². The van der Waals surface area contributed by atoms with Crippen LogP contribution < -0.4 is 15.4 Å². The summed E-state index contributed by atoms with van der Waals surface area (Å²) in [5.41, 5.74) is 1.16. The summed E-state index contributed by atoms with van der Waals surface area (Å²) in [5, 5.41) is 6.10. The van der Waals surface area contributed by atoms with Crippen LogP contribution in [-0.2, 0) is 16.1 Å². The Morgan fingerprint density at radius 1 is 1.24 bits per heavy atom. The zero-order valence-electron chi connectivity index (χ0n) is 13.3.